The Morgan fingerprint density at radius 3 is 2.41 bits per heavy atom. The van der Waals surface area contributed by atoms with E-state index in [1.807, 2.05) is 0 Å². The number of aliphatic hydroxyl groups is 1. The quantitative estimate of drug-likeness (QED) is 0.785. The van der Waals surface area contributed by atoms with Gasteiger partial charge in [-0.1, -0.05) is 29.3 Å². The molecule has 17 heavy (non-hydrogen) atoms. The molecule has 0 radical (unpaired) electrons. The second kappa shape index (κ2) is 7.54. The monoisotopic (exact) mass is 275 g/mol. The molecule has 1 aromatic carbocycles. The highest BCUT2D eigenvalue weighted by Gasteiger charge is 2.13. The smallest absolute Gasteiger partial charge is 0.254 e. The van der Waals surface area contributed by atoms with Crippen LogP contribution in [0.25, 0.3) is 0 Å². The first-order valence-electron chi connectivity index (χ1n) is 5.50. The molecule has 3 nitrogen and oxygen atoms in total. The number of rotatable bonds is 6. The van der Waals surface area contributed by atoms with Crippen LogP contribution in [0.2, 0.25) is 10.0 Å². The molecule has 0 unspecified atom stereocenters. The van der Waals surface area contributed by atoms with Crippen LogP contribution in [0.3, 0.4) is 0 Å². The predicted molar refractivity (Wildman–Crippen MR) is 69.7 cm³/mol. The van der Waals surface area contributed by atoms with Gasteiger partial charge in [-0.15, -0.1) is 0 Å². The Hall–Kier alpha value is -0.770. The Balaban J connectivity index is 2.47. The van der Waals surface area contributed by atoms with Crippen LogP contribution in [0, 0.1) is 0 Å². The maximum absolute atomic E-state index is 11.8. The zero-order chi connectivity index (χ0) is 12.7. The van der Waals surface area contributed by atoms with E-state index in [1.165, 1.54) is 0 Å². The van der Waals surface area contributed by atoms with Gasteiger partial charge in [0.15, 0.2) is 0 Å². The second-order valence-corrected chi connectivity index (χ2v) is 4.45. The van der Waals surface area contributed by atoms with Gasteiger partial charge in [0, 0.05) is 13.2 Å². The molecule has 0 aliphatic rings. The molecular formula is C12H15Cl2NO2. The van der Waals surface area contributed by atoms with E-state index in [4.69, 9.17) is 28.3 Å². The Morgan fingerprint density at radius 2 is 1.82 bits per heavy atom. The van der Waals surface area contributed by atoms with Crippen LogP contribution in [0.5, 0.6) is 0 Å². The van der Waals surface area contributed by atoms with E-state index in [0.29, 0.717) is 22.2 Å². The predicted octanol–water partition coefficient (Wildman–Crippen LogP) is 2.89. The summed E-state index contributed by atoms with van der Waals surface area (Å²) in [6, 6.07) is 4.96. The maximum atomic E-state index is 11.8. The third-order valence-electron chi connectivity index (χ3n) is 2.31. The van der Waals surface area contributed by atoms with Crippen molar-refractivity contribution in [3.8, 4) is 0 Å². The lowest BCUT2D eigenvalue weighted by Crippen LogP contribution is -2.25. The Kier molecular flexibility index (Phi) is 6.34. The minimum absolute atomic E-state index is 0.185. The average Bonchev–Trinajstić information content (AvgIpc) is 2.28. The molecule has 94 valence electrons. The summed E-state index contributed by atoms with van der Waals surface area (Å²) in [5, 5.41) is 12.1. The van der Waals surface area contributed by atoms with E-state index in [9.17, 15) is 4.79 Å². The molecule has 0 fully saturated rings. The zero-order valence-corrected chi connectivity index (χ0v) is 10.9. The zero-order valence-electron chi connectivity index (χ0n) is 9.38. The average molecular weight is 276 g/mol. The molecule has 1 aromatic rings. The Bertz CT molecular complexity index is 363. The number of aliphatic hydroxyl groups excluding tert-OH is 1. The third kappa shape index (κ3) is 4.54. The summed E-state index contributed by atoms with van der Waals surface area (Å²) in [5.74, 6) is -0.260. The minimum Gasteiger partial charge on any atom is -0.396 e. The highest BCUT2D eigenvalue weighted by molar-refractivity contribution is 6.39. The summed E-state index contributed by atoms with van der Waals surface area (Å²) in [4.78, 5) is 11.8. The van der Waals surface area contributed by atoms with Crippen molar-refractivity contribution in [1.29, 1.82) is 0 Å². The van der Waals surface area contributed by atoms with Crippen LogP contribution in [-0.2, 0) is 0 Å². The van der Waals surface area contributed by atoms with Crippen molar-refractivity contribution in [2.24, 2.45) is 0 Å². The second-order valence-electron chi connectivity index (χ2n) is 3.64. The number of carbonyl (C=O) groups is 1. The first kappa shape index (κ1) is 14.3. The summed E-state index contributed by atoms with van der Waals surface area (Å²) in [6.45, 7) is 0.741. The lowest BCUT2D eigenvalue weighted by atomic mass is 10.2. The molecular weight excluding hydrogens is 261 g/mol. The van der Waals surface area contributed by atoms with Gasteiger partial charge in [-0.2, -0.15) is 0 Å². The van der Waals surface area contributed by atoms with Crippen LogP contribution in [0.15, 0.2) is 18.2 Å². The number of carbonyl (C=O) groups excluding carboxylic acids is 1. The summed E-state index contributed by atoms with van der Waals surface area (Å²) in [6.07, 6.45) is 2.46. The van der Waals surface area contributed by atoms with Crippen molar-refractivity contribution in [3.05, 3.63) is 33.8 Å². The van der Waals surface area contributed by atoms with Gasteiger partial charge in [0.05, 0.1) is 15.6 Å². The van der Waals surface area contributed by atoms with Gasteiger partial charge >= 0.3 is 0 Å². The number of nitrogens with one attached hydrogen (secondary N) is 1. The normalized spacial score (nSPS) is 10.3. The number of halogens is 2. The number of amides is 1. The summed E-state index contributed by atoms with van der Waals surface area (Å²) < 4.78 is 0. The van der Waals surface area contributed by atoms with E-state index < -0.39 is 0 Å². The van der Waals surface area contributed by atoms with Crippen molar-refractivity contribution >= 4 is 29.1 Å². The standard InChI is InChI=1S/C12H15Cl2NO2/c13-9-5-4-6-10(14)11(9)12(17)15-7-2-1-3-8-16/h4-6,16H,1-3,7-8H2,(H,15,17). The highest BCUT2D eigenvalue weighted by Crippen LogP contribution is 2.23. The Labute approximate surface area is 111 Å². The first-order chi connectivity index (χ1) is 8.16. The molecule has 0 bridgehead atoms. The summed E-state index contributed by atoms with van der Waals surface area (Å²) in [7, 11) is 0. The van der Waals surface area contributed by atoms with Gasteiger partial charge in [-0.3, -0.25) is 4.79 Å². The van der Waals surface area contributed by atoms with E-state index in [2.05, 4.69) is 5.32 Å². The fourth-order valence-corrected chi connectivity index (χ4v) is 1.99. The fraction of sp³-hybridized carbons (Fsp3) is 0.417. The van der Waals surface area contributed by atoms with Crippen LogP contribution in [0.1, 0.15) is 29.6 Å². The van der Waals surface area contributed by atoms with Gasteiger partial charge in [0.1, 0.15) is 0 Å². The number of benzene rings is 1. The SMILES string of the molecule is O=C(NCCCCCO)c1c(Cl)cccc1Cl. The van der Waals surface area contributed by atoms with E-state index in [1.54, 1.807) is 18.2 Å². The molecule has 1 amide bonds. The van der Waals surface area contributed by atoms with Gasteiger partial charge in [-0.05, 0) is 31.4 Å². The topological polar surface area (TPSA) is 49.3 Å². The number of unbranched alkanes of at least 4 members (excludes halogenated alkanes) is 2. The van der Waals surface area contributed by atoms with Crippen molar-refractivity contribution in [2.75, 3.05) is 13.2 Å². The van der Waals surface area contributed by atoms with E-state index >= 15 is 0 Å². The summed E-state index contributed by atoms with van der Waals surface area (Å²) in [5.41, 5.74) is 0.318. The van der Waals surface area contributed by atoms with Crippen molar-refractivity contribution in [2.45, 2.75) is 19.3 Å². The fourth-order valence-electron chi connectivity index (χ4n) is 1.42. The highest BCUT2D eigenvalue weighted by atomic mass is 35.5. The molecule has 2 N–H and O–H groups in total. The number of hydrogen-bond acceptors (Lipinski definition) is 2. The summed E-state index contributed by atoms with van der Waals surface area (Å²) >= 11 is 11.8. The molecule has 1 rings (SSSR count). The van der Waals surface area contributed by atoms with Gasteiger partial charge in [0.2, 0.25) is 0 Å². The number of hydrogen-bond donors (Lipinski definition) is 2. The molecule has 0 saturated carbocycles. The molecule has 0 atom stereocenters. The largest absolute Gasteiger partial charge is 0.396 e. The first-order valence-corrected chi connectivity index (χ1v) is 6.25. The maximum Gasteiger partial charge on any atom is 0.254 e. The van der Waals surface area contributed by atoms with Crippen molar-refractivity contribution in [3.63, 3.8) is 0 Å². The lowest BCUT2D eigenvalue weighted by Gasteiger charge is -2.07. The van der Waals surface area contributed by atoms with Crippen molar-refractivity contribution < 1.29 is 9.90 Å². The molecule has 0 aliphatic carbocycles. The van der Waals surface area contributed by atoms with E-state index in [0.717, 1.165) is 19.3 Å². The third-order valence-corrected chi connectivity index (χ3v) is 2.94. The van der Waals surface area contributed by atoms with Crippen LogP contribution >= 0.6 is 23.2 Å². The van der Waals surface area contributed by atoms with Crippen LogP contribution < -0.4 is 5.32 Å². The lowest BCUT2D eigenvalue weighted by molar-refractivity contribution is 0.0953. The molecule has 0 saturated heterocycles. The molecule has 5 heteroatoms. The van der Waals surface area contributed by atoms with E-state index in [-0.39, 0.29) is 12.5 Å². The Morgan fingerprint density at radius 1 is 1.18 bits per heavy atom. The minimum atomic E-state index is -0.260. The van der Waals surface area contributed by atoms with Crippen LogP contribution in [0.4, 0.5) is 0 Å². The van der Waals surface area contributed by atoms with Gasteiger partial charge in [0.25, 0.3) is 5.91 Å². The van der Waals surface area contributed by atoms with Gasteiger partial charge in [-0.25, -0.2) is 0 Å². The molecule has 0 aromatic heterocycles. The molecule has 0 heterocycles. The molecule has 0 aliphatic heterocycles. The molecule has 0 spiro atoms. The van der Waals surface area contributed by atoms with Gasteiger partial charge < -0.3 is 10.4 Å². The van der Waals surface area contributed by atoms with Crippen molar-refractivity contribution in [1.82, 2.24) is 5.32 Å². The van der Waals surface area contributed by atoms with Crippen LogP contribution in [-0.4, -0.2) is 24.2 Å².